The Hall–Kier alpha value is -0.980. The number of rotatable bonds is 3. The molecule has 1 aliphatic heterocycles. The summed E-state index contributed by atoms with van der Waals surface area (Å²) in [5.74, 6) is 0.232. The molecule has 2 unspecified atom stereocenters. The molecule has 1 aliphatic rings. The molecule has 1 saturated heterocycles. The number of likely N-dealkylation sites (tertiary alicyclic amines) is 1. The smallest absolute Gasteiger partial charge is 0.406 e. The number of benzene rings is 1. The van der Waals surface area contributed by atoms with Gasteiger partial charge < -0.3 is 10.5 Å². The zero-order valence-corrected chi connectivity index (χ0v) is 12.6. The van der Waals surface area contributed by atoms with Crippen LogP contribution in [0.25, 0.3) is 0 Å². The molecule has 120 valence electrons. The van der Waals surface area contributed by atoms with Crippen LogP contribution in [0.4, 0.5) is 13.2 Å². The Morgan fingerprint density at radius 3 is 2.71 bits per heavy atom. The molecule has 0 aromatic heterocycles. The van der Waals surface area contributed by atoms with Gasteiger partial charge in [-0.15, -0.1) is 25.6 Å². The lowest BCUT2D eigenvalue weighted by atomic mass is 9.94. The predicted octanol–water partition coefficient (Wildman–Crippen LogP) is 3.18. The number of halogens is 4. The zero-order chi connectivity index (χ0) is 14.8. The summed E-state index contributed by atoms with van der Waals surface area (Å²) >= 11 is 0. The van der Waals surface area contributed by atoms with Gasteiger partial charge in [0.1, 0.15) is 5.75 Å². The highest BCUT2D eigenvalue weighted by Gasteiger charge is 2.31. The standard InChI is InChI=1S/C14H19F3N2O.ClH/c1-10-8-19(6-5-13(10)18)9-11-3-2-4-12(7-11)20-14(15,16)17;/h2-4,7,10,13H,5-6,8-9,18H2,1H3;1H. The SMILES string of the molecule is CC1CN(Cc2cccc(OC(F)(F)F)c2)CCC1N.Cl. The van der Waals surface area contributed by atoms with Gasteiger partial charge >= 0.3 is 6.36 Å². The summed E-state index contributed by atoms with van der Waals surface area (Å²) in [6, 6.07) is 6.35. The topological polar surface area (TPSA) is 38.5 Å². The molecule has 1 aromatic rings. The lowest BCUT2D eigenvalue weighted by Crippen LogP contribution is -2.45. The molecule has 3 nitrogen and oxygen atoms in total. The second-order valence-electron chi connectivity index (χ2n) is 5.36. The van der Waals surface area contributed by atoms with E-state index in [0.717, 1.165) is 25.1 Å². The van der Waals surface area contributed by atoms with Crippen LogP contribution in [-0.2, 0) is 6.54 Å². The van der Waals surface area contributed by atoms with Crippen LogP contribution in [-0.4, -0.2) is 30.4 Å². The van der Waals surface area contributed by atoms with E-state index >= 15 is 0 Å². The molecule has 0 aliphatic carbocycles. The number of nitrogens with zero attached hydrogens (tertiary/aromatic N) is 1. The minimum Gasteiger partial charge on any atom is -0.406 e. The summed E-state index contributed by atoms with van der Waals surface area (Å²) in [7, 11) is 0. The van der Waals surface area contributed by atoms with Gasteiger partial charge in [0.15, 0.2) is 0 Å². The van der Waals surface area contributed by atoms with Crippen molar-refractivity contribution in [2.24, 2.45) is 11.7 Å². The van der Waals surface area contributed by atoms with Crippen LogP contribution in [0, 0.1) is 5.92 Å². The fourth-order valence-corrected chi connectivity index (χ4v) is 2.49. The number of hydrogen-bond donors (Lipinski definition) is 1. The van der Waals surface area contributed by atoms with Gasteiger partial charge in [0, 0.05) is 19.1 Å². The molecule has 1 fully saturated rings. The fourth-order valence-electron chi connectivity index (χ4n) is 2.49. The Morgan fingerprint density at radius 1 is 1.38 bits per heavy atom. The maximum absolute atomic E-state index is 12.2. The number of piperidine rings is 1. The van der Waals surface area contributed by atoms with Crippen LogP contribution in [0.2, 0.25) is 0 Å². The normalized spacial score (nSPS) is 23.5. The molecule has 2 N–H and O–H groups in total. The summed E-state index contributed by atoms with van der Waals surface area (Å²) in [6.07, 6.45) is -3.73. The van der Waals surface area contributed by atoms with Crippen LogP contribution in [0.15, 0.2) is 24.3 Å². The third-order valence-corrected chi connectivity index (χ3v) is 3.59. The first-order chi connectivity index (χ1) is 9.33. The monoisotopic (exact) mass is 324 g/mol. The summed E-state index contributed by atoms with van der Waals surface area (Å²) < 4.78 is 40.5. The van der Waals surface area contributed by atoms with Gasteiger partial charge in [0.2, 0.25) is 0 Å². The van der Waals surface area contributed by atoms with E-state index in [0.29, 0.717) is 12.5 Å². The largest absolute Gasteiger partial charge is 0.573 e. The highest BCUT2D eigenvalue weighted by Crippen LogP contribution is 2.24. The minimum atomic E-state index is -4.65. The Bertz CT molecular complexity index is 456. The van der Waals surface area contributed by atoms with E-state index in [-0.39, 0.29) is 24.2 Å². The summed E-state index contributed by atoms with van der Waals surface area (Å²) in [5.41, 5.74) is 6.77. The quantitative estimate of drug-likeness (QED) is 0.928. The molecular formula is C14H20ClF3N2O. The maximum atomic E-state index is 12.2. The van der Waals surface area contributed by atoms with Gasteiger partial charge in [-0.1, -0.05) is 19.1 Å². The molecule has 2 atom stereocenters. The lowest BCUT2D eigenvalue weighted by Gasteiger charge is -2.35. The molecule has 1 heterocycles. The van der Waals surface area contributed by atoms with Crippen molar-refractivity contribution in [2.45, 2.75) is 32.3 Å². The van der Waals surface area contributed by atoms with Crippen molar-refractivity contribution in [3.63, 3.8) is 0 Å². The lowest BCUT2D eigenvalue weighted by molar-refractivity contribution is -0.274. The van der Waals surface area contributed by atoms with Crippen molar-refractivity contribution in [3.05, 3.63) is 29.8 Å². The van der Waals surface area contributed by atoms with Gasteiger partial charge in [0.25, 0.3) is 0 Å². The Morgan fingerprint density at radius 2 is 2.10 bits per heavy atom. The van der Waals surface area contributed by atoms with E-state index in [9.17, 15) is 13.2 Å². The van der Waals surface area contributed by atoms with Crippen LogP contribution < -0.4 is 10.5 Å². The third-order valence-electron chi connectivity index (χ3n) is 3.59. The zero-order valence-electron chi connectivity index (χ0n) is 11.8. The molecule has 21 heavy (non-hydrogen) atoms. The second-order valence-corrected chi connectivity index (χ2v) is 5.36. The Kier molecular flexibility index (Phi) is 6.31. The van der Waals surface area contributed by atoms with Gasteiger partial charge in [-0.2, -0.15) is 0 Å². The highest BCUT2D eigenvalue weighted by molar-refractivity contribution is 5.85. The molecule has 0 spiro atoms. The number of ether oxygens (including phenoxy) is 1. The van der Waals surface area contributed by atoms with Gasteiger partial charge in [-0.3, -0.25) is 4.90 Å². The van der Waals surface area contributed by atoms with E-state index in [1.54, 1.807) is 6.07 Å². The highest BCUT2D eigenvalue weighted by atomic mass is 35.5. The van der Waals surface area contributed by atoms with Crippen molar-refractivity contribution in [3.8, 4) is 5.75 Å². The Labute approximate surface area is 128 Å². The number of nitrogens with two attached hydrogens (primary N) is 1. The van der Waals surface area contributed by atoms with Crippen molar-refractivity contribution in [1.29, 1.82) is 0 Å². The minimum absolute atomic E-state index is 0. The Balaban J connectivity index is 0.00000220. The maximum Gasteiger partial charge on any atom is 0.573 e. The van der Waals surface area contributed by atoms with Crippen molar-refractivity contribution < 1.29 is 17.9 Å². The first kappa shape index (κ1) is 18.1. The van der Waals surface area contributed by atoms with Crippen molar-refractivity contribution >= 4 is 12.4 Å². The van der Waals surface area contributed by atoms with Crippen LogP contribution in [0.5, 0.6) is 5.75 Å². The van der Waals surface area contributed by atoms with Crippen LogP contribution >= 0.6 is 12.4 Å². The van der Waals surface area contributed by atoms with Crippen molar-refractivity contribution in [2.75, 3.05) is 13.1 Å². The average molecular weight is 325 g/mol. The first-order valence-electron chi connectivity index (χ1n) is 6.66. The van der Waals surface area contributed by atoms with Crippen LogP contribution in [0.1, 0.15) is 18.9 Å². The predicted molar refractivity (Wildman–Crippen MR) is 77.4 cm³/mol. The molecular weight excluding hydrogens is 305 g/mol. The third kappa shape index (κ3) is 5.73. The number of hydrogen-bond acceptors (Lipinski definition) is 3. The average Bonchev–Trinajstić information content (AvgIpc) is 2.32. The van der Waals surface area contributed by atoms with E-state index in [2.05, 4.69) is 16.6 Å². The summed E-state index contributed by atoms with van der Waals surface area (Å²) in [6.45, 7) is 4.45. The molecule has 0 saturated carbocycles. The van der Waals surface area contributed by atoms with Crippen LogP contribution in [0.3, 0.4) is 0 Å². The summed E-state index contributed by atoms with van der Waals surface area (Å²) in [4.78, 5) is 2.21. The van der Waals surface area contributed by atoms with E-state index < -0.39 is 6.36 Å². The molecule has 1 aromatic carbocycles. The van der Waals surface area contributed by atoms with Gasteiger partial charge in [0.05, 0.1) is 0 Å². The summed E-state index contributed by atoms with van der Waals surface area (Å²) in [5, 5.41) is 0. The number of alkyl halides is 3. The van der Waals surface area contributed by atoms with E-state index in [1.165, 1.54) is 12.1 Å². The molecule has 0 radical (unpaired) electrons. The van der Waals surface area contributed by atoms with Gasteiger partial charge in [-0.25, -0.2) is 0 Å². The second kappa shape index (κ2) is 7.33. The molecule has 2 rings (SSSR count). The van der Waals surface area contributed by atoms with Gasteiger partial charge in [-0.05, 0) is 36.6 Å². The van der Waals surface area contributed by atoms with E-state index in [1.807, 2.05) is 6.07 Å². The molecule has 7 heteroatoms. The molecule has 0 bridgehead atoms. The van der Waals surface area contributed by atoms with E-state index in [4.69, 9.17) is 5.73 Å². The first-order valence-corrected chi connectivity index (χ1v) is 6.66. The van der Waals surface area contributed by atoms with Crippen molar-refractivity contribution in [1.82, 2.24) is 4.90 Å². The molecule has 0 amide bonds. The fraction of sp³-hybridized carbons (Fsp3) is 0.571.